The van der Waals surface area contributed by atoms with E-state index in [9.17, 15) is 0 Å². The standard InChI is InChI=1S/C10H21NS/c1-3-7-11-9-10(4-5-10)6-8-12-2/h11H,3-9H2,1-2H3. The molecule has 0 radical (unpaired) electrons. The SMILES string of the molecule is CCCNCC1(CCSC)CC1. The highest BCUT2D eigenvalue weighted by Gasteiger charge is 2.40. The monoisotopic (exact) mass is 187 g/mol. The van der Waals surface area contributed by atoms with Crippen molar-refractivity contribution in [3.05, 3.63) is 0 Å². The minimum Gasteiger partial charge on any atom is -0.316 e. The van der Waals surface area contributed by atoms with Crippen LogP contribution < -0.4 is 5.32 Å². The summed E-state index contributed by atoms with van der Waals surface area (Å²) in [5.74, 6) is 1.34. The van der Waals surface area contributed by atoms with Crippen LogP contribution in [-0.4, -0.2) is 25.1 Å². The van der Waals surface area contributed by atoms with Crippen LogP contribution in [0.1, 0.15) is 32.6 Å². The van der Waals surface area contributed by atoms with Crippen LogP contribution in [0, 0.1) is 5.41 Å². The van der Waals surface area contributed by atoms with Gasteiger partial charge in [0, 0.05) is 6.54 Å². The molecule has 0 unspecified atom stereocenters. The second-order valence-corrected chi connectivity index (χ2v) is 4.91. The molecule has 0 spiro atoms. The van der Waals surface area contributed by atoms with Gasteiger partial charge in [0.05, 0.1) is 0 Å². The number of thioether (sulfide) groups is 1. The Balaban J connectivity index is 2.04. The Hall–Kier alpha value is 0.310. The van der Waals surface area contributed by atoms with Gasteiger partial charge in [0.25, 0.3) is 0 Å². The molecule has 0 amide bonds. The average molecular weight is 187 g/mol. The average Bonchev–Trinajstić information content (AvgIpc) is 2.83. The Morgan fingerprint density at radius 1 is 1.42 bits per heavy atom. The highest BCUT2D eigenvalue weighted by molar-refractivity contribution is 7.98. The molecule has 0 aliphatic heterocycles. The van der Waals surface area contributed by atoms with Gasteiger partial charge < -0.3 is 5.32 Å². The molecule has 1 saturated carbocycles. The summed E-state index contributed by atoms with van der Waals surface area (Å²) in [5.41, 5.74) is 0.720. The third-order valence-corrected chi connectivity index (χ3v) is 3.33. The summed E-state index contributed by atoms with van der Waals surface area (Å²) in [4.78, 5) is 0. The third kappa shape index (κ3) is 3.36. The molecular weight excluding hydrogens is 166 g/mol. The Labute approximate surface area is 80.7 Å². The number of nitrogens with one attached hydrogen (secondary N) is 1. The first-order chi connectivity index (χ1) is 5.83. The van der Waals surface area contributed by atoms with Gasteiger partial charge in [-0.25, -0.2) is 0 Å². The second kappa shape index (κ2) is 5.13. The molecule has 2 heteroatoms. The van der Waals surface area contributed by atoms with Gasteiger partial charge in [-0.15, -0.1) is 0 Å². The molecule has 12 heavy (non-hydrogen) atoms. The lowest BCUT2D eigenvalue weighted by Gasteiger charge is -2.14. The second-order valence-electron chi connectivity index (χ2n) is 3.92. The van der Waals surface area contributed by atoms with Crippen molar-refractivity contribution in [2.45, 2.75) is 32.6 Å². The quantitative estimate of drug-likeness (QED) is 0.615. The Kier molecular flexibility index (Phi) is 4.44. The van der Waals surface area contributed by atoms with Crippen molar-refractivity contribution in [3.8, 4) is 0 Å². The minimum absolute atomic E-state index is 0.720. The van der Waals surface area contributed by atoms with Crippen LogP contribution in [-0.2, 0) is 0 Å². The van der Waals surface area contributed by atoms with Crippen molar-refractivity contribution in [1.29, 1.82) is 0 Å². The zero-order chi connectivity index (χ0) is 8.86. The number of hydrogen-bond acceptors (Lipinski definition) is 2. The topological polar surface area (TPSA) is 12.0 Å². The van der Waals surface area contributed by atoms with Crippen LogP contribution >= 0.6 is 11.8 Å². The van der Waals surface area contributed by atoms with E-state index in [0.29, 0.717) is 0 Å². The smallest absolute Gasteiger partial charge is 0.000811 e. The van der Waals surface area contributed by atoms with E-state index in [-0.39, 0.29) is 0 Å². The number of hydrogen-bond donors (Lipinski definition) is 1. The lowest BCUT2D eigenvalue weighted by molar-refractivity contribution is 0.448. The van der Waals surface area contributed by atoms with Gasteiger partial charge in [0.2, 0.25) is 0 Å². The molecule has 1 fully saturated rings. The highest BCUT2D eigenvalue weighted by atomic mass is 32.2. The van der Waals surface area contributed by atoms with Crippen LogP contribution in [0.5, 0.6) is 0 Å². The zero-order valence-electron chi connectivity index (χ0n) is 8.36. The lowest BCUT2D eigenvalue weighted by Crippen LogP contribution is -2.25. The molecule has 0 aromatic rings. The van der Waals surface area contributed by atoms with Crippen LogP contribution in [0.25, 0.3) is 0 Å². The first-order valence-corrected chi connectivity index (χ1v) is 6.42. The van der Waals surface area contributed by atoms with E-state index in [1.54, 1.807) is 0 Å². The molecule has 1 nitrogen and oxygen atoms in total. The fourth-order valence-electron chi connectivity index (χ4n) is 1.54. The van der Waals surface area contributed by atoms with E-state index in [1.165, 1.54) is 44.5 Å². The fraction of sp³-hybridized carbons (Fsp3) is 1.00. The van der Waals surface area contributed by atoms with Gasteiger partial charge in [-0.2, -0.15) is 11.8 Å². The largest absolute Gasteiger partial charge is 0.316 e. The van der Waals surface area contributed by atoms with Crippen molar-refractivity contribution >= 4 is 11.8 Å². The van der Waals surface area contributed by atoms with Crippen LogP contribution in [0.15, 0.2) is 0 Å². The van der Waals surface area contributed by atoms with Crippen LogP contribution in [0.3, 0.4) is 0 Å². The number of rotatable bonds is 7. The van der Waals surface area contributed by atoms with E-state index in [0.717, 1.165) is 5.41 Å². The summed E-state index contributed by atoms with van der Waals surface area (Å²) >= 11 is 1.98. The maximum absolute atomic E-state index is 3.54. The van der Waals surface area contributed by atoms with E-state index < -0.39 is 0 Å². The third-order valence-electron chi connectivity index (χ3n) is 2.72. The molecule has 1 N–H and O–H groups in total. The predicted molar refractivity (Wildman–Crippen MR) is 57.8 cm³/mol. The maximum Gasteiger partial charge on any atom is 0.000811 e. The van der Waals surface area contributed by atoms with Gasteiger partial charge in [0.15, 0.2) is 0 Å². The van der Waals surface area contributed by atoms with Crippen molar-refractivity contribution < 1.29 is 0 Å². The molecule has 72 valence electrons. The summed E-state index contributed by atoms with van der Waals surface area (Å²) < 4.78 is 0. The van der Waals surface area contributed by atoms with Gasteiger partial charge in [0.1, 0.15) is 0 Å². The van der Waals surface area contributed by atoms with Gasteiger partial charge in [-0.3, -0.25) is 0 Å². The molecular formula is C10H21NS. The van der Waals surface area contributed by atoms with Crippen LogP contribution in [0.4, 0.5) is 0 Å². The molecule has 0 saturated heterocycles. The maximum atomic E-state index is 3.54. The summed E-state index contributed by atoms with van der Waals surface area (Å²) in [7, 11) is 0. The Morgan fingerprint density at radius 2 is 2.17 bits per heavy atom. The van der Waals surface area contributed by atoms with E-state index in [4.69, 9.17) is 0 Å². The molecule has 0 bridgehead atoms. The van der Waals surface area contributed by atoms with Gasteiger partial charge >= 0.3 is 0 Å². The fourth-order valence-corrected chi connectivity index (χ4v) is 2.18. The molecule has 1 aliphatic rings. The summed E-state index contributed by atoms with van der Waals surface area (Å²) in [6.45, 7) is 4.69. The molecule has 0 aromatic heterocycles. The molecule has 0 atom stereocenters. The van der Waals surface area contributed by atoms with Crippen molar-refractivity contribution in [2.24, 2.45) is 5.41 Å². The first kappa shape index (κ1) is 10.4. The Morgan fingerprint density at radius 3 is 2.67 bits per heavy atom. The summed E-state index contributed by atoms with van der Waals surface area (Å²) in [5, 5.41) is 3.54. The summed E-state index contributed by atoms with van der Waals surface area (Å²) in [6.07, 6.45) is 7.81. The first-order valence-electron chi connectivity index (χ1n) is 5.03. The van der Waals surface area contributed by atoms with Gasteiger partial charge in [-0.1, -0.05) is 6.92 Å². The lowest BCUT2D eigenvalue weighted by atomic mass is 10.0. The van der Waals surface area contributed by atoms with Crippen molar-refractivity contribution in [2.75, 3.05) is 25.1 Å². The van der Waals surface area contributed by atoms with E-state index >= 15 is 0 Å². The Bertz CT molecular complexity index is 121. The van der Waals surface area contributed by atoms with Crippen LogP contribution in [0.2, 0.25) is 0 Å². The minimum atomic E-state index is 0.720. The molecule has 0 heterocycles. The molecule has 0 aromatic carbocycles. The normalized spacial score (nSPS) is 19.5. The van der Waals surface area contributed by atoms with E-state index in [2.05, 4.69) is 18.5 Å². The zero-order valence-corrected chi connectivity index (χ0v) is 9.17. The molecule has 1 aliphatic carbocycles. The summed E-state index contributed by atoms with van der Waals surface area (Å²) in [6, 6.07) is 0. The predicted octanol–water partition coefficient (Wildman–Crippen LogP) is 2.52. The van der Waals surface area contributed by atoms with E-state index in [1.807, 2.05) is 11.8 Å². The van der Waals surface area contributed by atoms with Crippen molar-refractivity contribution in [3.63, 3.8) is 0 Å². The van der Waals surface area contributed by atoms with Crippen molar-refractivity contribution in [1.82, 2.24) is 5.32 Å². The van der Waals surface area contributed by atoms with Gasteiger partial charge in [-0.05, 0) is 49.7 Å². The molecule has 1 rings (SSSR count). The highest BCUT2D eigenvalue weighted by Crippen LogP contribution is 2.48.